The van der Waals surface area contributed by atoms with Gasteiger partial charge in [-0.15, -0.1) is 0 Å². The van der Waals surface area contributed by atoms with Crippen LogP contribution >= 0.6 is 0 Å². The lowest BCUT2D eigenvalue weighted by Gasteiger charge is -2.06. The number of hydrogen-bond acceptors (Lipinski definition) is 4. The smallest absolute Gasteiger partial charge is 0.295 e. The van der Waals surface area contributed by atoms with E-state index in [1.807, 2.05) is 24.3 Å². The van der Waals surface area contributed by atoms with Gasteiger partial charge in [-0.1, -0.05) is 26.0 Å². The molecule has 0 atom stereocenters. The molecule has 0 aliphatic carbocycles. The van der Waals surface area contributed by atoms with Crippen molar-refractivity contribution in [3.63, 3.8) is 0 Å². The minimum Gasteiger partial charge on any atom is -0.424 e. The van der Waals surface area contributed by atoms with Gasteiger partial charge in [0.25, 0.3) is 6.01 Å². The Balaban J connectivity index is 1.70. The van der Waals surface area contributed by atoms with Crippen LogP contribution in [-0.4, -0.2) is 24.7 Å². The Bertz CT molecular complexity index is 446. The van der Waals surface area contributed by atoms with Crippen molar-refractivity contribution >= 4 is 17.1 Å². The Labute approximate surface area is 107 Å². The van der Waals surface area contributed by atoms with Gasteiger partial charge in [-0.25, -0.2) is 0 Å². The van der Waals surface area contributed by atoms with Gasteiger partial charge in [0.1, 0.15) is 5.52 Å². The maximum atomic E-state index is 5.55. The average Bonchev–Trinajstić information content (AvgIpc) is 2.75. The molecule has 1 N–H and O–H groups in total. The Morgan fingerprint density at radius 3 is 2.94 bits per heavy atom. The van der Waals surface area contributed by atoms with Crippen LogP contribution in [-0.2, 0) is 4.74 Å². The first kappa shape index (κ1) is 12.9. The summed E-state index contributed by atoms with van der Waals surface area (Å²) >= 11 is 0. The summed E-state index contributed by atoms with van der Waals surface area (Å²) < 4.78 is 11.1. The fourth-order valence-electron chi connectivity index (χ4n) is 1.64. The van der Waals surface area contributed by atoms with Crippen LogP contribution in [0.3, 0.4) is 0 Å². The van der Waals surface area contributed by atoms with Gasteiger partial charge in [0.05, 0.1) is 0 Å². The number of ether oxygens (including phenoxy) is 1. The molecular weight excluding hydrogens is 228 g/mol. The molecule has 2 aromatic rings. The van der Waals surface area contributed by atoms with Crippen LogP contribution in [0.4, 0.5) is 6.01 Å². The lowest BCUT2D eigenvalue weighted by atomic mass is 10.2. The molecule has 0 aliphatic rings. The van der Waals surface area contributed by atoms with Crippen molar-refractivity contribution in [2.75, 3.05) is 25.1 Å². The molecular formula is C14H20N2O2. The van der Waals surface area contributed by atoms with Crippen molar-refractivity contribution in [2.45, 2.75) is 20.3 Å². The number of hydrogen-bond donors (Lipinski definition) is 1. The Kier molecular flexibility index (Phi) is 4.59. The lowest BCUT2D eigenvalue weighted by molar-refractivity contribution is 0.109. The van der Waals surface area contributed by atoms with Crippen molar-refractivity contribution in [2.24, 2.45) is 5.92 Å². The van der Waals surface area contributed by atoms with Gasteiger partial charge in [0, 0.05) is 19.8 Å². The molecule has 1 aromatic heterocycles. The molecule has 0 radical (unpaired) electrons. The maximum absolute atomic E-state index is 5.55. The normalized spacial score (nSPS) is 11.3. The van der Waals surface area contributed by atoms with Crippen LogP contribution < -0.4 is 5.32 Å². The molecule has 0 unspecified atom stereocenters. The fraction of sp³-hybridized carbons (Fsp3) is 0.500. The molecule has 0 saturated heterocycles. The van der Waals surface area contributed by atoms with E-state index in [4.69, 9.17) is 9.15 Å². The monoisotopic (exact) mass is 248 g/mol. The van der Waals surface area contributed by atoms with Crippen LogP contribution in [0.25, 0.3) is 11.1 Å². The first-order valence-corrected chi connectivity index (χ1v) is 6.43. The molecule has 1 heterocycles. The molecule has 18 heavy (non-hydrogen) atoms. The zero-order chi connectivity index (χ0) is 12.8. The van der Waals surface area contributed by atoms with E-state index in [0.29, 0.717) is 11.9 Å². The third-order valence-electron chi connectivity index (χ3n) is 2.49. The molecule has 0 bridgehead atoms. The van der Waals surface area contributed by atoms with Gasteiger partial charge >= 0.3 is 0 Å². The number of para-hydroxylation sites is 2. The molecule has 0 fully saturated rings. The number of nitrogens with zero attached hydrogens (tertiary/aromatic N) is 1. The van der Waals surface area contributed by atoms with E-state index in [2.05, 4.69) is 24.1 Å². The maximum Gasteiger partial charge on any atom is 0.295 e. The minimum absolute atomic E-state index is 0.583. The zero-order valence-corrected chi connectivity index (χ0v) is 11.0. The van der Waals surface area contributed by atoms with Crippen LogP contribution in [0.15, 0.2) is 28.7 Å². The number of anilines is 1. The van der Waals surface area contributed by atoms with E-state index in [9.17, 15) is 0 Å². The largest absolute Gasteiger partial charge is 0.424 e. The summed E-state index contributed by atoms with van der Waals surface area (Å²) in [4.78, 5) is 4.34. The van der Waals surface area contributed by atoms with E-state index in [1.54, 1.807) is 0 Å². The molecule has 4 nitrogen and oxygen atoms in total. The second-order valence-corrected chi connectivity index (χ2v) is 4.74. The Morgan fingerprint density at radius 2 is 2.17 bits per heavy atom. The van der Waals surface area contributed by atoms with Crippen molar-refractivity contribution in [1.82, 2.24) is 4.98 Å². The van der Waals surface area contributed by atoms with E-state index in [0.717, 1.165) is 37.3 Å². The summed E-state index contributed by atoms with van der Waals surface area (Å²) in [6.07, 6.45) is 0.950. The SMILES string of the molecule is CC(C)COCCCNc1nc2ccccc2o1. The second-order valence-electron chi connectivity index (χ2n) is 4.74. The lowest BCUT2D eigenvalue weighted by Crippen LogP contribution is -2.08. The van der Waals surface area contributed by atoms with Crippen LogP contribution in [0, 0.1) is 5.92 Å². The van der Waals surface area contributed by atoms with Gasteiger partial charge in [0.15, 0.2) is 5.58 Å². The summed E-state index contributed by atoms with van der Waals surface area (Å²) in [6.45, 7) is 6.70. The van der Waals surface area contributed by atoms with Crippen LogP contribution in [0.2, 0.25) is 0 Å². The van der Waals surface area contributed by atoms with Gasteiger partial charge in [-0.05, 0) is 24.5 Å². The number of benzene rings is 1. The van der Waals surface area contributed by atoms with Crippen molar-refractivity contribution < 1.29 is 9.15 Å². The van der Waals surface area contributed by atoms with Gasteiger partial charge < -0.3 is 14.5 Å². The first-order chi connectivity index (χ1) is 8.75. The zero-order valence-electron chi connectivity index (χ0n) is 11.0. The van der Waals surface area contributed by atoms with Gasteiger partial charge in [0.2, 0.25) is 0 Å². The molecule has 0 amide bonds. The molecule has 0 aliphatic heterocycles. The van der Waals surface area contributed by atoms with Crippen molar-refractivity contribution in [3.05, 3.63) is 24.3 Å². The summed E-state index contributed by atoms with van der Waals surface area (Å²) in [5.74, 6) is 0.593. The van der Waals surface area contributed by atoms with E-state index >= 15 is 0 Å². The Morgan fingerprint density at radius 1 is 1.33 bits per heavy atom. The summed E-state index contributed by atoms with van der Waals surface area (Å²) in [5.41, 5.74) is 1.70. The van der Waals surface area contributed by atoms with Crippen molar-refractivity contribution in [1.29, 1.82) is 0 Å². The number of nitrogens with one attached hydrogen (secondary N) is 1. The molecule has 2 rings (SSSR count). The molecule has 98 valence electrons. The first-order valence-electron chi connectivity index (χ1n) is 6.43. The highest BCUT2D eigenvalue weighted by Crippen LogP contribution is 2.17. The number of aromatic nitrogens is 1. The van der Waals surface area contributed by atoms with E-state index in [-0.39, 0.29) is 0 Å². The highest BCUT2D eigenvalue weighted by Gasteiger charge is 2.03. The second kappa shape index (κ2) is 6.40. The predicted molar refractivity (Wildman–Crippen MR) is 72.8 cm³/mol. The third kappa shape index (κ3) is 3.74. The Hall–Kier alpha value is -1.55. The molecule has 4 heteroatoms. The van der Waals surface area contributed by atoms with E-state index < -0.39 is 0 Å². The summed E-state index contributed by atoms with van der Waals surface area (Å²) in [7, 11) is 0. The quantitative estimate of drug-likeness (QED) is 0.764. The predicted octanol–water partition coefficient (Wildman–Crippen LogP) is 3.30. The van der Waals surface area contributed by atoms with Gasteiger partial charge in [-0.3, -0.25) is 0 Å². The van der Waals surface area contributed by atoms with Crippen molar-refractivity contribution in [3.8, 4) is 0 Å². The van der Waals surface area contributed by atoms with E-state index in [1.165, 1.54) is 0 Å². The summed E-state index contributed by atoms with van der Waals surface area (Å²) in [5, 5.41) is 3.16. The third-order valence-corrected chi connectivity index (χ3v) is 2.49. The fourth-order valence-corrected chi connectivity index (χ4v) is 1.64. The highest BCUT2D eigenvalue weighted by molar-refractivity contribution is 5.74. The number of rotatable bonds is 7. The van der Waals surface area contributed by atoms with Gasteiger partial charge in [-0.2, -0.15) is 4.98 Å². The standard InChI is InChI=1S/C14H20N2O2/c1-11(2)10-17-9-5-8-15-14-16-12-6-3-4-7-13(12)18-14/h3-4,6-7,11H,5,8-10H2,1-2H3,(H,15,16). The van der Waals surface area contributed by atoms with Crippen LogP contribution in [0.1, 0.15) is 20.3 Å². The topological polar surface area (TPSA) is 47.3 Å². The average molecular weight is 248 g/mol. The molecule has 0 spiro atoms. The molecule has 0 saturated carbocycles. The number of fused-ring (bicyclic) bond motifs is 1. The number of oxazole rings is 1. The highest BCUT2D eigenvalue weighted by atomic mass is 16.5. The minimum atomic E-state index is 0.583. The van der Waals surface area contributed by atoms with Crippen LogP contribution in [0.5, 0.6) is 0 Å². The molecule has 1 aromatic carbocycles. The summed E-state index contributed by atoms with van der Waals surface area (Å²) in [6, 6.07) is 8.33.